The molecular formula is C47H48N4O6. The van der Waals surface area contributed by atoms with Crippen LogP contribution in [0.15, 0.2) is 132 Å². The van der Waals surface area contributed by atoms with Crippen LogP contribution in [-0.2, 0) is 24.3 Å². The molecule has 57 heavy (non-hydrogen) atoms. The van der Waals surface area contributed by atoms with E-state index in [0.29, 0.717) is 54.4 Å². The molecule has 3 aliphatic rings. The molecule has 1 aromatic heterocycles. The number of aromatic hydroxyl groups is 1. The van der Waals surface area contributed by atoms with Crippen molar-refractivity contribution >= 4 is 22.7 Å². The van der Waals surface area contributed by atoms with Gasteiger partial charge in [0, 0.05) is 30.6 Å². The minimum Gasteiger partial charge on any atom is -0.506 e. The zero-order valence-corrected chi connectivity index (χ0v) is 31.8. The van der Waals surface area contributed by atoms with Crippen molar-refractivity contribution in [1.82, 2.24) is 15.2 Å². The predicted octanol–water partition coefficient (Wildman–Crippen LogP) is 7.58. The van der Waals surface area contributed by atoms with Gasteiger partial charge in [-0.15, -0.1) is 0 Å². The van der Waals surface area contributed by atoms with Crippen molar-refractivity contribution in [2.45, 2.75) is 44.6 Å². The second-order valence-corrected chi connectivity index (χ2v) is 15.1. The number of amides is 1. The van der Waals surface area contributed by atoms with E-state index < -0.39 is 6.10 Å². The van der Waals surface area contributed by atoms with Crippen LogP contribution in [0.3, 0.4) is 0 Å². The van der Waals surface area contributed by atoms with Gasteiger partial charge >= 0.3 is 6.09 Å². The molecule has 2 bridgehead atoms. The number of pyridine rings is 1. The molecule has 5 aromatic carbocycles. The van der Waals surface area contributed by atoms with Gasteiger partial charge in [0.05, 0.1) is 23.9 Å². The van der Waals surface area contributed by atoms with Gasteiger partial charge in [0.1, 0.15) is 24.2 Å². The second kappa shape index (κ2) is 17.5. The van der Waals surface area contributed by atoms with Gasteiger partial charge in [-0.05, 0) is 109 Å². The topological polar surface area (TPSA) is 127 Å². The third kappa shape index (κ3) is 9.21. The fourth-order valence-corrected chi connectivity index (χ4v) is 8.01. The number of rotatable bonds is 14. The van der Waals surface area contributed by atoms with Gasteiger partial charge in [0.2, 0.25) is 5.56 Å². The number of fused-ring (bicyclic) bond motifs is 4. The molecule has 4 N–H and O–H groups in total. The first-order valence-electron chi connectivity index (χ1n) is 19.8. The Balaban J connectivity index is 0.863. The van der Waals surface area contributed by atoms with Crippen molar-refractivity contribution in [2.24, 2.45) is 5.92 Å². The Bertz CT molecular complexity index is 2360. The van der Waals surface area contributed by atoms with Crippen LogP contribution in [0.5, 0.6) is 11.5 Å². The lowest BCUT2D eigenvalue weighted by Crippen LogP contribution is -2.53. The number of phenolic OH excluding ortho intramolecular Hbond substituents is 1. The van der Waals surface area contributed by atoms with E-state index in [9.17, 15) is 19.8 Å². The fraction of sp³-hybridized carbons (Fsp3) is 0.277. The number of nitrogens with one attached hydrogen (secondary N) is 2. The number of aromatic amines is 1. The van der Waals surface area contributed by atoms with Crippen molar-refractivity contribution in [3.63, 3.8) is 0 Å². The Labute approximate surface area is 332 Å². The first-order chi connectivity index (χ1) is 27.9. The Hall–Kier alpha value is -5.94. The highest BCUT2D eigenvalue weighted by Gasteiger charge is 2.37. The van der Waals surface area contributed by atoms with Crippen LogP contribution in [0.4, 0.5) is 10.5 Å². The summed E-state index contributed by atoms with van der Waals surface area (Å²) in [6.45, 7) is 4.74. The third-order valence-electron chi connectivity index (χ3n) is 11.2. The fourth-order valence-electron chi connectivity index (χ4n) is 8.01. The van der Waals surface area contributed by atoms with Gasteiger partial charge in [0.15, 0.2) is 0 Å². The summed E-state index contributed by atoms with van der Waals surface area (Å²) >= 11 is 0. The first kappa shape index (κ1) is 38.0. The van der Waals surface area contributed by atoms with Crippen LogP contribution < -0.4 is 20.5 Å². The Morgan fingerprint density at radius 3 is 2.42 bits per heavy atom. The zero-order chi connectivity index (χ0) is 39.1. The van der Waals surface area contributed by atoms with Crippen LogP contribution in [0.1, 0.15) is 41.2 Å². The number of hydrogen-bond donors (Lipinski definition) is 4. The summed E-state index contributed by atoms with van der Waals surface area (Å²) in [5.74, 6) is 1.06. The lowest BCUT2D eigenvalue weighted by Gasteiger charge is -2.44. The molecule has 0 saturated carbocycles. The Morgan fingerprint density at radius 2 is 1.63 bits per heavy atom. The summed E-state index contributed by atoms with van der Waals surface area (Å²) in [6, 6.07) is 40.6. The molecule has 2 atom stereocenters. The summed E-state index contributed by atoms with van der Waals surface area (Å²) < 4.78 is 12.5. The molecule has 1 amide bonds. The minimum atomic E-state index is -0.806. The quantitative estimate of drug-likeness (QED) is 0.0837. The molecule has 0 aliphatic carbocycles. The van der Waals surface area contributed by atoms with E-state index in [1.807, 2.05) is 60.7 Å². The highest BCUT2D eigenvalue weighted by atomic mass is 16.6. The molecule has 0 spiro atoms. The number of benzene rings is 5. The molecule has 292 valence electrons. The Morgan fingerprint density at radius 1 is 0.842 bits per heavy atom. The number of H-pyrrole nitrogens is 1. The molecule has 9 rings (SSSR count). The number of aromatic nitrogens is 1. The number of ether oxygens (including phenoxy) is 2. The monoisotopic (exact) mass is 764 g/mol. The van der Waals surface area contributed by atoms with E-state index in [1.165, 1.54) is 17.7 Å². The molecule has 10 heteroatoms. The van der Waals surface area contributed by atoms with Crippen molar-refractivity contribution < 1.29 is 24.5 Å². The van der Waals surface area contributed by atoms with E-state index in [1.54, 1.807) is 17.0 Å². The van der Waals surface area contributed by atoms with Crippen LogP contribution in [0.25, 0.3) is 22.0 Å². The number of carbonyl (C=O) groups excluding carboxylic acids is 1. The molecule has 10 nitrogen and oxygen atoms in total. The van der Waals surface area contributed by atoms with Crippen molar-refractivity contribution in [3.05, 3.63) is 160 Å². The predicted molar refractivity (Wildman–Crippen MR) is 222 cm³/mol. The number of piperidine rings is 3. The molecule has 3 aliphatic heterocycles. The number of carbonyl (C=O) groups is 1. The highest BCUT2D eigenvalue weighted by Crippen LogP contribution is 2.32. The third-order valence-corrected chi connectivity index (χ3v) is 11.2. The van der Waals surface area contributed by atoms with Gasteiger partial charge in [-0.3, -0.25) is 14.6 Å². The molecule has 6 aromatic rings. The van der Waals surface area contributed by atoms with E-state index in [-0.39, 0.29) is 23.5 Å². The van der Waals surface area contributed by atoms with Gasteiger partial charge in [0.25, 0.3) is 0 Å². The molecule has 3 fully saturated rings. The number of hydrogen-bond acceptors (Lipinski definition) is 8. The maximum atomic E-state index is 13.8. The smallest absolute Gasteiger partial charge is 0.414 e. The summed E-state index contributed by atoms with van der Waals surface area (Å²) in [5, 5.41) is 25.0. The number of aliphatic hydroxyl groups is 1. The van der Waals surface area contributed by atoms with Crippen molar-refractivity contribution in [1.29, 1.82) is 0 Å². The SMILES string of the molecule is O=C(O[C@H]1CN2CCC1CC2)N(Cc1ccccc1)c1cccc(OCc2cccc(-c3ccc(CCNC[C@H](O)c4ccc(O)c5[nH]c(=O)ccc45)cc3)c2)c1. The number of phenols is 1. The van der Waals surface area contributed by atoms with Gasteiger partial charge in [-0.1, -0.05) is 84.9 Å². The lowest BCUT2D eigenvalue weighted by atomic mass is 9.86. The average Bonchev–Trinajstić information content (AvgIpc) is 3.25. The van der Waals surface area contributed by atoms with Gasteiger partial charge < -0.3 is 30.0 Å². The number of aliphatic hydroxyl groups excluding tert-OH is 1. The van der Waals surface area contributed by atoms with Crippen molar-refractivity contribution in [3.8, 4) is 22.6 Å². The normalized spacial score (nSPS) is 17.9. The molecule has 0 radical (unpaired) electrons. The largest absolute Gasteiger partial charge is 0.506 e. The number of nitrogens with zero attached hydrogens (tertiary/aromatic N) is 2. The minimum absolute atomic E-state index is 0.0293. The second-order valence-electron chi connectivity index (χ2n) is 15.1. The Kier molecular flexibility index (Phi) is 11.6. The standard InChI is InChI=1S/C47H48N4O6/c52-42-18-16-40(41-17-19-45(54)49-46(41)42)43(53)28-48-23-20-32-12-14-35(15-13-32)37-9-4-8-34(26-37)31-56-39-11-5-10-38(27-39)51(29-33-6-2-1-3-7-33)47(55)57-44-30-50-24-21-36(44)22-25-50/h1-19,26-27,36,43-44,48,52-53H,20-25,28-31H2,(H,49,54)/t43-,44-/m0/s1. The lowest BCUT2D eigenvalue weighted by molar-refractivity contribution is -0.0311. The molecule has 4 heterocycles. The summed E-state index contributed by atoms with van der Waals surface area (Å²) in [5.41, 5.74) is 6.78. The molecule has 3 saturated heterocycles. The van der Waals surface area contributed by atoms with Crippen LogP contribution in [0, 0.1) is 5.92 Å². The van der Waals surface area contributed by atoms with E-state index in [4.69, 9.17) is 9.47 Å². The van der Waals surface area contributed by atoms with Crippen molar-refractivity contribution in [2.75, 3.05) is 37.6 Å². The van der Waals surface area contributed by atoms with E-state index >= 15 is 0 Å². The van der Waals surface area contributed by atoms with Crippen LogP contribution in [-0.4, -0.2) is 65.0 Å². The van der Waals surface area contributed by atoms with E-state index in [0.717, 1.165) is 66.8 Å². The average molecular weight is 765 g/mol. The summed E-state index contributed by atoms with van der Waals surface area (Å²) in [6.07, 6.45) is 1.71. The molecule has 0 unspecified atom stereocenters. The zero-order valence-electron chi connectivity index (χ0n) is 31.8. The summed E-state index contributed by atoms with van der Waals surface area (Å²) in [7, 11) is 0. The molecular weight excluding hydrogens is 717 g/mol. The van der Waals surface area contributed by atoms with Crippen LogP contribution >= 0.6 is 0 Å². The summed E-state index contributed by atoms with van der Waals surface area (Å²) in [4.78, 5) is 32.3. The van der Waals surface area contributed by atoms with Gasteiger partial charge in [-0.2, -0.15) is 0 Å². The first-order valence-corrected chi connectivity index (χ1v) is 19.8. The van der Waals surface area contributed by atoms with Gasteiger partial charge in [-0.25, -0.2) is 4.79 Å². The number of anilines is 1. The highest BCUT2D eigenvalue weighted by molar-refractivity contribution is 5.88. The van der Waals surface area contributed by atoms with E-state index in [2.05, 4.69) is 57.7 Å². The maximum Gasteiger partial charge on any atom is 0.414 e. The maximum absolute atomic E-state index is 13.8. The van der Waals surface area contributed by atoms with Crippen LogP contribution in [0.2, 0.25) is 0 Å².